The molecular formula is C13H16FNO2. The zero-order valence-corrected chi connectivity index (χ0v) is 9.83. The molecule has 0 heterocycles. The third-order valence-corrected chi connectivity index (χ3v) is 2.74. The predicted octanol–water partition coefficient (Wildman–Crippen LogP) is 2.68. The average molecular weight is 237 g/mol. The fraction of sp³-hybridized carbons (Fsp3) is 0.462. The van der Waals surface area contributed by atoms with Crippen molar-refractivity contribution in [3.63, 3.8) is 0 Å². The largest absolute Gasteiger partial charge is 0.372 e. The van der Waals surface area contributed by atoms with Gasteiger partial charge in [0.15, 0.2) is 0 Å². The van der Waals surface area contributed by atoms with Crippen molar-refractivity contribution in [2.24, 2.45) is 0 Å². The molecule has 0 spiro atoms. The number of nitrogens with one attached hydrogen (secondary N) is 1. The molecule has 1 aromatic carbocycles. The lowest BCUT2D eigenvalue weighted by Crippen LogP contribution is -2.18. The monoisotopic (exact) mass is 237 g/mol. The van der Waals surface area contributed by atoms with Crippen LogP contribution in [-0.4, -0.2) is 19.1 Å². The highest BCUT2D eigenvalue weighted by Gasteiger charge is 2.26. The smallest absolute Gasteiger partial charge is 0.250 e. The highest BCUT2D eigenvalue weighted by Crippen LogP contribution is 2.41. The van der Waals surface area contributed by atoms with Crippen LogP contribution in [0.15, 0.2) is 18.2 Å². The number of halogens is 1. The molecule has 1 fully saturated rings. The number of amides is 1. The number of hydrogen-bond donors (Lipinski definition) is 1. The second-order valence-corrected chi connectivity index (χ2v) is 4.20. The molecule has 0 aromatic heterocycles. The van der Waals surface area contributed by atoms with Gasteiger partial charge in [-0.15, -0.1) is 0 Å². The lowest BCUT2D eigenvalue weighted by Gasteiger charge is -2.07. The molecule has 2 rings (SSSR count). The fourth-order valence-corrected chi connectivity index (χ4v) is 1.72. The van der Waals surface area contributed by atoms with Crippen LogP contribution in [0.5, 0.6) is 0 Å². The minimum absolute atomic E-state index is 0.00248. The van der Waals surface area contributed by atoms with Crippen LogP contribution in [0.1, 0.15) is 31.2 Å². The topological polar surface area (TPSA) is 38.3 Å². The molecule has 1 saturated carbocycles. The first-order valence-electron chi connectivity index (χ1n) is 5.87. The Kier molecular flexibility index (Phi) is 3.74. The predicted molar refractivity (Wildman–Crippen MR) is 63.5 cm³/mol. The fourth-order valence-electron chi connectivity index (χ4n) is 1.72. The van der Waals surface area contributed by atoms with Gasteiger partial charge >= 0.3 is 0 Å². The molecule has 4 heteroatoms. The lowest BCUT2D eigenvalue weighted by atomic mass is 10.1. The summed E-state index contributed by atoms with van der Waals surface area (Å²) in [6.45, 7) is 2.31. The number of hydrogen-bond acceptors (Lipinski definition) is 2. The van der Waals surface area contributed by atoms with Crippen molar-refractivity contribution in [1.29, 1.82) is 0 Å². The van der Waals surface area contributed by atoms with Gasteiger partial charge in [0.1, 0.15) is 12.4 Å². The van der Waals surface area contributed by atoms with Gasteiger partial charge in [0.2, 0.25) is 5.91 Å². The highest BCUT2D eigenvalue weighted by atomic mass is 19.1. The summed E-state index contributed by atoms with van der Waals surface area (Å²) in [7, 11) is 0. The maximum Gasteiger partial charge on any atom is 0.250 e. The minimum Gasteiger partial charge on any atom is -0.372 e. The van der Waals surface area contributed by atoms with Crippen LogP contribution in [0, 0.1) is 5.82 Å². The Morgan fingerprint density at radius 3 is 2.88 bits per heavy atom. The quantitative estimate of drug-likeness (QED) is 0.855. The summed E-state index contributed by atoms with van der Waals surface area (Å²) in [6, 6.07) is 4.86. The first kappa shape index (κ1) is 12.0. The summed E-state index contributed by atoms with van der Waals surface area (Å²) < 4.78 is 18.6. The molecular weight excluding hydrogens is 221 g/mol. The minimum atomic E-state index is -0.259. The molecule has 0 bridgehead atoms. The van der Waals surface area contributed by atoms with E-state index in [1.807, 2.05) is 6.92 Å². The van der Waals surface area contributed by atoms with E-state index in [1.165, 1.54) is 6.07 Å². The van der Waals surface area contributed by atoms with E-state index in [9.17, 15) is 9.18 Å². The van der Waals surface area contributed by atoms with E-state index in [4.69, 9.17) is 4.74 Å². The number of ether oxygens (including phenoxy) is 1. The van der Waals surface area contributed by atoms with E-state index in [2.05, 4.69) is 5.32 Å². The summed E-state index contributed by atoms with van der Waals surface area (Å²) in [6.07, 6.45) is 2.12. The van der Waals surface area contributed by atoms with Gasteiger partial charge in [0.25, 0.3) is 0 Å². The van der Waals surface area contributed by atoms with Crippen molar-refractivity contribution in [1.82, 2.24) is 0 Å². The van der Waals surface area contributed by atoms with Gasteiger partial charge in [-0.3, -0.25) is 4.79 Å². The van der Waals surface area contributed by atoms with E-state index in [0.717, 1.165) is 18.4 Å². The van der Waals surface area contributed by atoms with E-state index in [-0.39, 0.29) is 18.3 Å². The Balaban J connectivity index is 1.97. The standard InChI is InChI=1S/C13H16FNO2/c1-2-17-8-13(16)15-10-5-6-11(9-3-4-9)12(14)7-10/h5-7,9H,2-4,8H2,1H3,(H,15,16). The van der Waals surface area contributed by atoms with Gasteiger partial charge in [0.05, 0.1) is 0 Å². The number of anilines is 1. The molecule has 1 aliphatic carbocycles. The Morgan fingerprint density at radius 1 is 1.53 bits per heavy atom. The Bertz CT molecular complexity index is 416. The van der Waals surface area contributed by atoms with E-state index in [0.29, 0.717) is 18.2 Å². The van der Waals surface area contributed by atoms with Gasteiger partial charge in [-0.2, -0.15) is 0 Å². The third-order valence-electron chi connectivity index (χ3n) is 2.74. The Labute approximate surface area is 100.0 Å². The number of carbonyl (C=O) groups is 1. The van der Waals surface area contributed by atoms with Crippen LogP contribution in [0.4, 0.5) is 10.1 Å². The SMILES string of the molecule is CCOCC(=O)Nc1ccc(C2CC2)c(F)c1. The van der Waals surface area contributed by atoms with Crippen LogP contribution in [0.25, 0.3) is 0 Å². The molecule has 1 aromatic rings. The van der Waals surface area contributed by atoms with Gasteiger partial charge in [-0.05, 0) is 43.4 Å². The van der Waals surface area contributed by atoms with Gasteiger partial charge < -0.3 is 10.1 Å². The van der Waals surface area contributed by atoms with Crippen molar-refractivity contribution in [2.75, 3.05) is 18.5 Å². The molecule has 17 heavy (non-hydrogen) atoms. The lowest BCUT2D eigenvalue weighted by molar-refractivity contribution is -0.120. The molecule has 0 unspecified atom stereocenters. The molecule has 0 saturated heterocycles. The molecule has 3 nitrogen and oxygen atoms in total. The summed E-state index contributed by atoms with van der Waals surface area (Å²) >= 11 is 0. The van der Waals surface area contributed by atoms with Crippen LogP contribution in [-0.2, 0) is 9.53 Å². The van der Waals surface area contributed by atoms with Crippen molar-refractivity contribution in [2.45, 2.75) is 25.7 Å². The van der Waals surface area contributed by atoms with Crippen LogP contribution < -0.4 is 5.32 Å². The first-order chi connectivity index (χ1) is 8.20. The van der Waals surface area contributed by atoms with Crippen molar-refractivity contribution in [3.8, 4) is 0 Å². The summed E-state index contributed by atoms with van der Waals surface area (Å²) in [5.41, 5.74) is 1.24. The van der Waals surface area contributed by atoms with Gasteiger partial charge in [0, 0.05) is 12.3 Å². The zero-order chi connectivity index (χ0) is 12.3. The Hall–Kier alpha value is -1.42. The average Bonchev–Trinajstić information content (AvgIpc) is 3.10. The molecule has 1 aliphatic rings. The molecule has 1 N–H and O–H groups in total. The Morgan fingerprint density at radius 2 is 2.29 bits per heavy atom. The van der Waals surface area contributed by atoms with E-state index in [1.54, 1.807) is 12.1 Å². The second kappa shape index (κ2) is 5.27. The van der Waals surface area contributed by atoms with Crippen LogP contribution in [0.3, 0.4) is 0 Å². The number of benzene rings is 1. The maximum atomic E-state index is 13.7. The highest BCUT2D eigenvalue weighted by molar-refractivity contribution is 5.91. The summed E-state index contributed by atoms with van der Waals surface area (Å²) in [4.78, 5) is 11.4. The number of carbonyl (C=O) groups excluding carboxylic acids is 1. The summed E-state index contributed by atoms with van der Waals surface area (Å²) in [5.74, 6) is -0.115. The maximum absolute atomic E-state index is 13.7. The molecule has 0 radical (unpaired) electrons. The van der Waals surface area contributed by atoms with E-state index < -0.39 is 0 Å². The van der Waals surface area contributed by atoms with Gasteiger partial charge in [-0.1, -0.05) is 6.07 Å². The normalized spacial score (nSPS) is 14.7. The van der Waals surface area contributed by atoms with Crippen molar-refractivity contribution >= 4 is 11.6 Å². The first-order valence-corrected chi connectivity index (χ1v) is 5.87. The van der Waals surface area contributed by atoms with Crippen LogP contribution in [0.2, 0.25) is 0 Å². The third kappa shape index (κ3) is 3.27. The molecule has 92 valence electrons. The van der Waals surface area contributed by atoms with Crippen LogP contribution >= 0.6 is 0 Å². The molecule has 0 aliphatic heterocycles. The van der Waals surface area contributed by atoms with Gasteiger partial charge in [-0.25, -0.2) is 4.39 Å². The number of rotatable bonds is 5. The van der Waals surface area contributed by atoms with Crippen molar-refractivity contribution in [3.05, 3.63) is 29.6 Å². The molecule has 1 amide bonds. The van der Waals surface area contributed by atoms with E-state index >= 15 is 0 Å². The molecule has 0 atom stereocenters. The van der Waals surface area contributed by atoms with Crippen molar-refractivity contribution < 1.29 is 13.9 Å². The second-order valence-electron chi connectivity index (χ2n) is 4.20. The zero-order valence-electron chi connectivity index (χ0n) is 9.83. The summed E-state index contributed by atoms with van der Waals surface area (Å²) in [5, 5.41) is 2.60.